The minimum Gasteiger partial charge on any atom is -0.491 e. The summed E-state index contributed by atoms with van der Waals surface area (Å²) in [7, 11) is -3.89. The van der Waals surface area contributed by atoms with Crippen molar-refractivity contribution >= 4 is 43.6 Å². The normalized spacial score (nSPS) is 12.9. The van der Waals surface area contributed by atoms with Gasteiger partial charge in [-0.3, -0.25) is 0 Å². The average molecular weight is 522 g/mol. The lowest BCUT2D eigenvalue weighted by molar-refractivity contribution is 0.0881. The predicted molar refractivity (Wildman–Crippen MR) is 141 cm³/mol. The molecule has 0 radical (unpaired) electrons. The number of ether oxygens (including phenoxy) is 1. The van der Waals surface area contributed by atoms with Crippen LogP contribution >= 0.6 is 11.6 Å². The minimum atomic E-state index is -3.89. The number of halogens is 1. The summed E-state index contributed by atoms with van der Waals surface area (Å²) in [6.07, 6.45) is -1.06. The molecule has 1 aromatic heterocycles. The SMILES string of the molecule is O=S(=O)(c1ccc(Cl)cc1)N(Cc1ccccc1)CC(O)COc1ccc2oc3ccccc3c2c1. The molecular formula is C28H24ClNO5S. The molecule has 0 bridgehead atoms. The van der Waals surface area contributed by atoms with E-state index in [0.717, 1.165) is 27.5 Å². The number of fused-ring (bicyclic) bond motifs is 3. The second kappa shape index (κ2) is 10.3. The Balaban J connectivity index is 1.34. The maximum absolute atomic E-state index is 13.4. The van der Waals surface area contributed by atoms with Gasteiger partial charge in [-0.05, 0) is 54.1 Å². The molecule has 0 saturated heterocycles. The van der Waals surface area contributed by atoms with Gasteiger partial charge in [0.1, 0.15) is 29.6 Å². The molecule has 0 aliphatic rings. The first kappa shape index (κ1) is 24.3. The third-order valence-corrected chi connectivity index (χ3v) is 7.94. The van der Waals surface area contributed by atoms with Crippen molar-refractivity contribution in [2.24, 2.45) is 0 Å². The van der Waals surface area contributed by atoms with Crippen molar-refractivity contribution in [2.45, 2.75) is 17.5 Å². The van der Waals surface area contributed by atoms with E-state index < -0.39 is 16.1 Å². The zero-order chi connectivity index (χ0) is 25.1. The molecule has 0 aliphatic carbocycles. The van der Waals surface area contributed by atoms with Crippen LogP contribution in [0.4, 0.5) is 0 Å². The van der Waals surface area contributed by atoms with Crippen LogP contribution in [0.3, 0.4) is 0 Å². The smallest absolute Gasteiger partial charge is 0.243 e. The fourth-order valence-corrected chi connectivity index (χ4v) is 5.66. The van der Waals surface area contributed by atoms with Gasteiger partial charge in [0, 0.05) is 28.9 Å². The third-order valence-electron chi connectivity index (χ3n) is 5.86. The number of aliphatic hydroxyl groups excluding tert-OH is 1. The van der Waals surface area contributed by atoms with E-state index in [1.807, 2.05) is 66.7 Å². The second-order valence-electron chi connectivity index (χ2n) is 8.46. The van der Waals surface area contributed by atoms with E-state index in [9.17, 15) is 13.5 Å². The number of nitrogens with zero attached hydrogens (tertiary/aromatic N) is 1. The standard InChI is InChI=1S/C28H24ClNO5S/c29-21-10-13-24(14-11-21)36(32,33)30(17-20-6-2-1-3-7-20)18-22(31)19-34-23-12-15-28-26(16-23)25-8-4-5-9-27(25)35-28/h1-16,22,31H,17-19H2. The number of aliphatic hydroxyl groups is 1. The van der Waals surface area contributed by atoms with E-state index >= 15 is 0 Å². The Morgan fingerprint density at radius 1 is 0.861 bits per heavy atom. The van der Waals surface area contributed by atoms with Gasteiger partial charge >= 0.3 is 0 Å². The molecule has 4 aromatic carbocycles. The number of sulfonamides is 1. The van der Waals surface area contributed by atoms with E-state index in [1.165, 1.54) is 28.6 Å². The topological polar surface area (TPSA) is 80.0 Å². The average Bonchev–Trinajstić information content (AvgIpc) is 3.26. The Labute approximate surface area is 214 Å². The first-order valence-corrected chi connectivity index (χ1v) is 13.2. The van der Waals surface area contributed by atoms with Crippen molar-refractivity contribution in [3.05, 3.63) is 108 Å². The number of hydrogen-bond donors (Lipinski definition) is 1. The van der Waals surface area contributed by atoms with Crippen molar-refractivity contribution in [3.8, 4) is 5.75 Å². The van der Waals surface area contributed by atoms with Gasteiger partial charge in [-0.2, -0.15) is 4.31 Å². The number of para-hydroxylation sites is 1. The maximum Gasteiger partial charge on any atom is 0.243 e. The van der Waals surface area contributed by atoms with E-state index in [2.05, 4.69) is 0 Å². The fraction of sp³-hybridized carbons (Fsp3) is 0.143. The minimum absolute atomic E-state index is 0.0806. The van der Waals surface area contributed by atoms with Gasteiger partial charge in [-0.15, -0.1) is 0 Å². The Morgan fingerprint density at radius 2 is 1.56 bits per heavy atom. The fourth-order valence-electron chi connectivity index (χ4n) is 4.07. The molecule has 0 spiro atoms. The van der Waals surface area contributed by atoms with Gasteiger partial charge in [0.2, 0.25) is 10.0 Å². The van der Waals surface area contributed by atoms with Gasteiger partial charge < -0.3 is 14.3 Å². The summed E-state index contributed by atoms with van der Waals surface area (Å²) in [5.74, 6) is 0.559. The van der Waals surface area contributed by atoms with Crippen molar-refractivity contribution < 1.29 is 22.7 Å². The van der Waals surface area contributed by atoms with Gasteiger partial charge in [0.15, 0.2) is 0 Å². The molecule has 1 N–H and O–H groups in total. The van der Waals surface area contributed by atoms with Crippen LogP contribution in [0.2, 0.25) is 5.02 Å². The number of rotatable bonds is 9. The molecule has 0 amide bonds. The summed E-state index contributed by atoms with van der Waals surface area (Å²) in [6, 6.07) is 28.4. The lowest BCUT2D eigenvalue weighted by Gasteiger charge is -2.25. The Morgan fingerprint density at radius 3 is 2.33 bits per heavy atom. The van der Waals surface area contributed by atoms with Crippen molar-refractivity contribution in [2.75, 3.05) is 13.2 Å². The Bertz CT molecular complexity index is 1580. The Kier molecular flexibility index (Phi) is 6.98. The van der Waals surface area contributed by atoms with E-state index in [-0.39, 0.29) is 24.6 Å². The lowest BCUT2D eigenvalue weighted by Crippen LogP contribution is -2.39. The third kappa shape index (κ3) is 5.24. The predicted octanol–water partition coefficient (Wildman–Crippen LogP) is 5.87. The highest BCUT2D eigenvalue weighted by Crippen LogP contribution is 2.31. The molecule has 0 aliphatic heterocycles. The molecule has 1 atom stereocenters. The molecule has 5 rings (SSSR count). The summed E-state index contributed by atoms with van der Waals surface area (Å²) in [5, 5.41) is 13.1. The number of hydrogen-bond acceptors (Lipinski definition) is 5. The highest BCUT2D eigenvalue weighted by molar-refractivity contribution is 7.89. The summed E-state index contributed by atoms with van der Waals surface area (Å²) in [5.41, 5.74) is 2.33. The second-order valence-corrected chi connectivity index (χ2v) is 10.8. The molecule has 0 saturated carbocycles. The van der Waals surface area contributed by atoms with E-state index in [0.29, 0.717) is 10.8 Å². The van der Waals surface area contributed by atoms with E-state index in [1.54, 1.807) is 6.07 Å². The van der Waals surface area contributed by atoms with Gasteiger partial charge in [0.05, 0.1) is 4.90 Å². The maximum atomic E-state index is 13.4. The highest BCUT2D eigenvalue weighted by Gasteiger charge is 2.27. The molecule has 184 valence electrons. The quantitative estimate of drug-likeness (QED) is 0.262. The summed E-state index contributed by atoms with van der Waals surface area (Å²) >= 11 is 5.95. The van der Waals surface area contributed by atoms with Gasteiger partial charge in [-0.25, -0.2) is 8.42 Å². The van der Waals surface area contributed by atoms with Crippen LogP contribution in [0.25, 0.3) is 21.9 Å². The molecule has 1 unspecified atom stereocenters. The largest absolute Gasteiger partial charge is 0.491 e. The number of benzene rings is 4. The van der Waals surface area contributed by atoms with Crippen LogP contribution < -0.4 is 4.74 Å². The first-order valence-electron chi connectivity index (χ1n) is 11.4. The van der Waals surface area contributed by atoms with Crippen molar-refractivity contribution in [3.63, 3.8) is 0 Å². The first-order chi connectivity index (χ1) is 17.4. The van der Waals surface area contributed by atoms with Crippen molar-refractivity contribution in [1.82, 2.24) is 4.31 Å². The number of furan rings is 1. The zero-order valence-corrected chi connectivity index (χ0v) is 20.8. The van der Waals surface area contributed by atoms with Gasteiger partial charge in [0.25, 0.3) is 0 Å². The molecule has 0 fully saturated rings. The van der Waals surface area contributed by atoms with Crippen LogP contribution in [0.15, 0.2) is 106 Å². The van der Waals surface area contributed by atoms with Crippen LogP contribution in [-0.4, -0.2) is 37.1 Å². The molecular weight excluding hydrogens is 498 g/mol. The van der Waals surface area contributed by atoms with Crippen LogP contribution in [0.1, 0.15) is 5.56 Å². The molecule has 8 heteroatoms. The highest BCUT2D eigenvalue weighted by atomic mass is 35.5. The Hall–Kier alpha value is -3.36. The van der Waals surface area contributed by atoms with Crippen molar-refractivity contribution in [1.29, 1.82) is 0 Å². The molecule has 6 nitrogen and oxygen atoms in total. The molecule has 1 heterocycles. The summed E-state index contributed by atoms with van der Waals surface area (Å²) in [6.45, 7) is -0.116. The molecule has 36 heavy (non-hydrogen) atoms. The summed E-state index contributed by atoms with van der Waals surface area (Å²) in [4.78, 5) is 0.105. The van der Waals surface area contributed by atoms with Crippen LogP contribution in [-0.2, 0) is 16.6 Å². The molecule has 5 aromatic rings. The zero-order valence-electron chi connectivity index (χ0n) is 19.2. The van der Waals surface area contributed by atoms with Crippen LogP contribution in [0.5, 0.6) is 5.75 Å². The summed E-state index contributed by atoms with van der Waals surface area (Å²) < 4.78 is 39.8. The van der Waals surface area contributed by atoms with E-state index in [4.69, 9.17) is 20.8 Å². The van der Waals surface area contributed by atoms with Gasteiger partial charge in [-0.1, -0.05) is 60.1 Å². The monoisotopic (exact) mass is 521 g/mol. The lowest BCUT2D eigenvalue weighted by atomic mass is 10.1. The van der Waals surface area contributed by atoms with Crippen LogP contribution in [0, 0.1) is 0 Å².